The van der Waals surface area contributed by atoms with Crippen molar-refractivity contribution in [2.75, 3.05) is 26.2 Å². The molecule has 1 aliphatic rings. The Balaban J connectivity index is 2.31. The van der Waals surface area contributed by atoms with Gasteiger partial charge in [-0.1, -0.05) is 6.58 Å². The first-order chi connectivity index (χ1) is 4.30. The Bertz CT molecular complexity index is 103. The van der Waals surface area contributed by atoms with Crippen molar-refractivity contribution < 1.29 is 0 Å². The molecule has 0 spiro atoms. The van der Waals surface area contributed by atoms with Crippen LogP contribution in [0.4, 0.5) is 0 Å². The summed E-state index contributed by atoms with van der Waals surface area (Å²) in [6, 6.07) is 0. The highest BCUT2D eigenvalue weighted by Crippen LogP contribution is 1.99. The third kappa shape index (κ3) is 1.72. The van der Waals surface area contributed by atoms with Gasteiger partial charge in [0.15, 0.2) is 0 Å². The topological polar surface area (TPSA) is 15.3 Å². The van der Waals surface area contributed by atoms with E-state index in [4.69, 9.17) is 0 Å². The van der Waals surface area contributed by atoms with Gasteiger partial charge in [-0.15, -0.1) is 0 Å². The van der Waals surface area contributed by atoms with E-state index in [2.05, 4.69) is 23.7 Å². The van der Waals surface area contributed by atoms with Crippen molar-refractivity contribution in [2.45, 2.75) is 0 Å². The predicted molar refractivity (Wildman–Crippen MR) is 38.9 cm³/mol. The average Bonchev–Trinajstić information content (AvgIpc) is 1.90. The Morgan fingerprint density at radius 3 is 2.22 bits per heavy atom. The third-order valence-electron chi connectivity index (χ3n) is 1.56. The van der Waals surface area contributed by atoms with E-state index in [0.717, 1.165) is 31.9 Å². The van der Waals surface area contributed by atoms with E-state index in [0.29, 0.717) is 0 Å². The molecule has 1 saturated heterocycles. The number of rotatable bonds is 1. The van der Waals surface area contributed by atoms with Crippen molar-refractivity contribution in [1.29, 1.82) is 0 Å². The van der Waals surface area contributed by atoms with Crippen LogP contribution in [0.1, 0.15) is 0 Å². The summed E-state index contributed by atoms with van der Waals surface area (Å²) in [6.07, 6.45) is 0. The van der Waals surface area contributed by atoms with Gasteiger partial charge in [-0.3, -0.25) is 0 Å². The van der Waals surface area contributed by atoms with E-state index < -0.39 is 0 Å². The lowest BCUT2D eigenvalue weighted by molar-refractivity contribution is 0.308. The first-order valence-electron chi connectivity index (χ1n) is 3.27. The Labute approximate surface area is 56.5 Å². The number of nitrogens with zero attached hydrogens (tertiary/aromatic N) is 1. The minimum Gasteiger partial charge on any atom is -0.373 e. The van der Waals surface area contributed by atoms with Gasteiger partial charge in [-0.2, -0.15) is 0 Å². The van der Waals surface area contributed by atoms with Crippen LogP contribution in [0.5, 0.6) is 0 Å². The number of hydrogen-bond acceptors (Lipinski definition) is 2. The number of hydrogen-bond donors (Lipinski definition) is 1. The molecule has 1 radical (unpaired) electrons. The van der Waals surface area contributed by atoms with Crippen LogP contribution in [0.15, 0.2) is 12.3 Å². The van der Waals surface area contributed by atoms with Crippen LogP contribution in [-0.4, -0.2) is 31.1 Å². The zero-order valence-corrected chi connectivity index (χ0v) is 5.69. The lowest BCUT2D eigenvalue weighted by Gasteiger charge is -2.29. The van der Waals surface area contributed by atoms with Gasteiger partial charge in [0.25, 0.3) is 0 Å². The molecule has 9 heavy (non-hydrogen) atoms. The molecule has 1 rings (SSSR count). The van der Waals surface area contributed by atoms with E-state index >= 15 is 0 Å². The quantitative estimate of drug-likeness (QED) is 0.540. The van der Waals surface area contributed by atoms with Crippen molar-refractivity contribution in [1.82, 2.24) is 10.2 Å². The Hall–Kier alpha value is -0.500. The molecule has 0 saturated carbocycles. The highest BCUT2D eigenvalue weighted by molar-refractivity contribution is 4.98. The smallest absolute Gasteiger partial charge is 0.0300 e. The highest BCUT2D eigenvalue weighted by Gasteiger charge is 2.06. The van der Waals surface area contributed by atoms with Crippen molar-refractivity contribution in [3.8, 4) is 0 Å². The zero-order chi connectivity index (χ0) is 6.69. The molecule has 0 aromatic rings. The maximum absolute atomic E-state index is 3.77. The van der Waals surface area contributed by atoms with Crippen molar-refractivity contribution >= 4 is 0 Å². The van der Waals surface area contributed by atoms with Crippen LogP contribution < -0.4 is 5.32 Å². The summed E-state index contributed by atoms with van der Waals surface area (Å²) >= 11 is 0. The van der Waals surface area contributed by atoms with Gasteiger partial charge in [0.2, 0.25) is 0 Å². The second-order valence-electron chi connectivity index (χ2n) is 2.30. The maximum Gasteiger partial charge on any atom is 0.0300 e. The molecular weight excluding hydrogens is 112 g/mol. The van der Waals surface area contributed by atoms with Crippen molar-refractivity contribution in [3.63, 3.8) is 0 Å². The molecule has 2 nitrogen and oxygen atoms in total. The van der Waals surface area contributed by atoms with Crippen LogP contribution in [-0.2, 0) is 0 Å². The molecule has 1 aliphatic heterocycles. The standard InChI is InChI=1S/C7H13N2/c1-7(2)9-5-3-8-4-6-9/h8H,1-6H2. The second-order valence-corrected chi connectivity index (χ2v) is 2.30. The normalized spacial score (nSPS) is 19.9. The minimum absolute atomic E-state index is 0.941. The third-order valence-corrected chi connectivity index (χ3v) is 1.56. The molecule has 0 aromatic heterocycles. The molecule has 0 aliphatic carbocycles. The molecule has 0 unspecified atom stereocenters. The van der Waals surface area contributed by atoms with E-state index in [1.54, 1.807) is 0 Å². The van der Waals surface area contributed by atoms with E-state index in [1.807, 2.05) is 0 Å². The summed E-state index contributed by atoms with van der Waals surface area (Å²) in [5.41, 5.74) is 0.941. The average molecular weight is 125 g/mol. The summed E-state index contributed by atoms with van der Waals surface area (Å²) in [5, 5.41) is 3.26. The van der Waals surface area contributed by atoms with Gasteiger partial charge in [-0.05, 0) is 6.92 Å². The second kappa shape index (κ2) is 2.87. The van der Waals surface area contributed by atoms with Crippen LogP contribution in [0.2, 0.25) is 0 Å². The molecule has 51 valence electrons. The summed E-state index contributed by atoms with van der Waals surface area (Å²) in [6.45, 7) is 11.8. The fourth-order valence-corrected chi connectivity index (χ4v) is 0.981. The Morgan fingerprint density at radius 1 is 1.33 bits per heavy atom. The molecule has 2 heteroatoms. The van der Waals surface area contributed by atoms with E-state index in [9.17, 15) is 0 Å². The van der Waals surface area contributed by atoms with Gasteiger partial charge in [0, 0.05) is 31.9 Å². The molecule has 1 fully saturated rings. The summed E-state index contributed by atoms with van der Waals surface area (Å²) in [4.78, 5) is 2.19. The molecule has 1 N–H and O–H groups in total. The van der Waals surface area contributed by atoms with Gasteiger partial charge >= 0.3 is 0 Å². The van der Waals surface area contributed by atoms with Crippen molar-refractivity contribution in [3.05, 3.63) is 19.2 Å². The molecule has 0 amide bonds. The molecule has 1 heterocycles. The number of allylic oxidation sites excluding steroid dienone is 1. The lowest BCUT2D eigenvalue weighted by atomic mass is 10.3. The first kappa shape index (κ1) is 6.62. The van der Waals surface area contributed by atoms with Gasteiger partial charge in [0.1, 0.15) is 0 Å². The van der Waals surface area contributed by atoms with E-state index in [1.165, 1.54) is 0 Å². The largest absolute Gasteiger partial charge is 0.373 e. The lowest BCUT2D eigenvalue weighted by Crippen LogP contribution is -2.42. The zero-order valence-electron chi connectivity index (χ0n) is 5.69. The molecule has 0 aromatic carbocycles. The Kier molecular flexibility index (Phi) is 2.11. The van der Waals surface area contributed by atoms with E-state index in [-0.39, 0.29) is 0 Å². The molecule has 0 atom stereocenters. The first-order valence-corrected chi connectivity index (χ1v) is 3.27. The predicted octanol–water partition coefficient (Wildman–Crippen LogP) is 0.239. The monoisotopic (exact) mass is 125 g/mol. The SMILES string of the molecule is [CH2]C(=C)N1CCNCC1. The molecule has 0 bridgehead atoms. The van der Waals surface area contributed by atoms with Crippen LogP contribution in [0.3, 0.4) is 0 Å². The van der Waals surface area contributed by atoms with Crippen LogP contribution >= 0.6 is 0 Å². The highest BCUT2D eigenvalue weighted by atomic mass is 15.2. The van der Waals surface area contributed by atoms with Gasteiger partial charge in [-0.25, -0.2) is 0 Å². The van der Waals surface area contributed by atoms with Crippen LogP contribution in [0.25, 0.3) is 0 Å². The number of piperazine rings is 1. The maximum atomic E-state index is 3.77. The van der Waals surface area contributed by atoms with Gasteiger partial charge in [0.05, 0.1) is 0 Å². The minimum atomic E-state index is 0.941. The Morgan fingerprint density at radius 2 is 1.89 bits per heavy atom. The van der Waals surface area contributed by atoms with Crippen LogP contribution in [0, 0.1) is 6.92 Å². The number of nitrogens with one attached hydrogen (secondary N) is 1. The fourth-order valence-electron chi connectivity index (χ4n) is 0.981. The van der Waals surface area contributed by atoms with Gasteiger partial charge < -0.3 is 10.2 Å². The summed E-state index contributed by atoms with van der Waals surface area (Å²) in [7, 11) is 0. The molecular formula is C7H13N2. The summed E-state index contributed by atoms with van der Waals surface area (Å²) < 4.78 is 0. The summed E-state index contributed by atoms with van der Waals surface area (Å²) in [5.74, 6) is 0. The van der Waals surface area contributed by atoms with Crippen molar-refractivity contribution in [2.24, 2.45) is 0 Å². The fraction of sp³-hybridized carbons (Fsp3) is 0.571.